The van der Waals surface area contributed by atoms with Gasteiger partial charge in [0, 0.05) is 35.5 Å². The number of thioether (sulfide) groups is 1. The number of pyridine rings is 1. The van der Waals surface area contributed by atoms with Gasteiger partial charge < -0.3 is 9.16 Å². The first-order valence-corrected chi connectivity index (χ1v) is 13.1. The maximum atomic E-state index is 6.25. The van der Waals surface area contributed by atoms with Gasteiger partial charge in [0.2, 0.25) is 0 Å². The second kappa shape index (κ2) is 7.29. The van der Waals surface area contributed by atoms with Crippen LogP contribution < -0.4 is 4.74 Å². The first-order chi connectivity index (χ1) is 11.8. The molecule has 0 saturated carbocycles. The fourth-order valence-corrected chi connectivity index (χ4v) is 4.85. The molecule has 0 spiro atoms. The predicted octanol–water partition coefficient (Wildman–Crippen LogP) is 5.77. The maximum Gasteiger partial charge on any atom is 0.191 e. The molecule has 1 aliphatic heterocycles. The number of nitrogens with zero attached hydrogens (tertiary/aromatic N) is 1. The highest BCUT2D eigenvalue weighted by atomic mass is 32.2. The average Bonchev–Trinajstić information content (AvgIpc) is 3.00. The van der Waals surface area contributed by atoms with Gasteiger partial charge in [0.1, 0.15) is 5.75 Å². The summed E-state index contributed by atoms with van der Waals surface area (Å²) in [6.07, 6.45) is 0.922. The lowest BCUT2D eigenvalue weighted by Crippen LogP contribution is -2.41. The third-order valence-electron chi connectivity index (χ3n) is 5.32. The van der Waals surface area contributed by atoms with Crippen LogP contribution in [0.15, 0.2) is 24.3 Å². The summed E-state index contributed by atoms with van der Waals surface area (Å²) in [6.45, 7) is 12.9. The van der Waals surface area contributed by atoms with Crippen molar-refractivity contribution in [1.82, 2.24) is 4.98 Å². The van der Waals surface area contributed by atoms with E-state index in [1.54, 1.807) is 0 Å². The maximum absolute atomic E-state index is 6.25. The number of ether oxygens (including phenoxy) is 1. The number of hydrogen-bond donors (Lipinski definition) is 0. The lowest BCUT2D eigenvalue weighted by molar-refractivity contribution is 0.234. The van der Waals surface area contributed by atoms with E-state index in [0.29, 0.717) is 6.61 Å². The third-order valence-corrected chi connectivity index (χ3v) is 10.8. The van der Waals surface area contributed by atoms with Crippen LogP contribution in [0.1, 0.15) is 38.4 Å². The molecule has 0 atom stereocenters. The second-order valence-electron chi connectivity index (χ2n) is 8.19. The Morgan fingerprint density at radius 1 is 1.12 bits per heavy atom. The molecule has 1 aromatic carbocycles. The fraction of sp³-hybridized carbons (Fsp3) is 0.550. The lowest BCUT2D eigenvalue weighted by Gasteiger charge is -2.36. The Bertz CT molecular complexity index is 755. The largest absolute Gasteiger partial charge is 0.492 e. The molecule has 25 heavy (non-hydrogen) atoms. The van der Waals surface area contributed by atoms with E-state index in [4.69, 9.17) is 14.1 Å². The average molecular weight is 376 g/mol. The van der Waals surface area contributed by atoms with Crippen LogP contribution >= 0.6 is 11.8 Å². The smallest absolute Gasteiger partial charge is 0.191 e. The predicted molar refractivity (Wildman–Crippen MR) is 110 cm³/mol. The van der Waals surface area contributed by atoms with Gasteiger partial charge in [-0.25, -0.2) is 0 Å². The number of rotatable bonds is 6. The Morgan fingerprint density at radius 3 is 2.64 bits per heavy atom. The Morgan fingerprint density at radius 2 is 1.88 bits per heavy atom. The minimum atomic E-state index is -1.66. The number of fused-ring (bicyclic) bond motifs is 2. The van der Waals surface area contributed by atoms with Gasteiger partial charge >= 0.3 is 0 Å². The summed E-state index contributed by atoms with van der Waals surface area (Å²) < 4.78 is 12.5. The molecule has 1 aromatic heterocycles. The van der Waals surface area contributed by atoms with Gasteiger partial charge in [-0.05, 0) is 30.3 Å². The van der Waals surface area contributed by atoms with Gasteiger partial charge in [0.15, 0.2) is 8.32 Å². The number of aromatic nitrogens is 1. The van der Waals surface area contributed by atoms with Crippen LogP contribution in [-0.4, -0.2) is 26.5 Å². The molecule has 0 N–H and O–H groups in total. The summed E-state index contributed by atoms with van der Waals surface area (Å²) in [5.41, 5.74) is 3.52. The highest BCUT2D eigenvalue weighted by Crippen LogP contribution is 2.40. The Hall–Kier alpha value is -1.04. The quantitative estimate of drug-likeness (QED) is 0.473. The minimum Gasteiger partial charge on any atom is -0.492 e. The molecule has 0 aliphatic carbocycles. The van der Waals surface area contributed by atoms with E-state index in [1.165, 1.54) is 11.3 Å². The van der Waals surface area contributed by atoms with Crippen molar-refractivity contribution in [2.75, 3.05) is 13.2 Å². The van der Waals surface area contributed by atoms with Crippen molar-refractivity contribution in [2.24, 2.45) is 0 Å². The van der Waals surface area contributed by atoms with Gasteiger partial charge in [-0.15, -0.1) is 0 Å². The topological polar surface area (TPSA) is 31.4 Å². The van der Waals surface area contributed by atoms with Crippen LogP contribution in [0.2, 0.25) is 18.1 Å². The molecule has 3 nitrogen and oxygen atoms in total. The molecular weight excluding hydrogens is 346 g/mol. The van der Waals surface area contributed by atoms with Gasteiger partial charge in [-0.3, -0.25) is 4.98 Å². The van der Waals surface area contributed by atoms with Gasteiger partial charge in [-0.1, -0.05) is 32.9 Å². The van der Waals surface area contributed by atoms with Crippen LogP contribution in [0, 0.1) is 0 Å². The Balaban J connectivity index is 1.65. The summed E-state index contributed by atoms with van der Waals surface area (Å²) >= 11 is 1.92. The summed E-state index contributed by atoms with van der Waals surface area (Å²) in [4.78, 5) is 4.80. The normalized spacial score (nSPS) is 14.8. The minimum absolute atomic E-state index is 0.257. The van der Waals surface area contributed by atoms with E-state index in [0.717, 1.165) is 41.2 Å². The molecule has 0 radical (unpaired) electrons. The van der Waals surface area contributed by atoms with Crippen LogP contribution in [0.5, 0.6) is 5.75 Å². The Kier molecular flexibility index (Phi) is 5.47. The first kappa shape index (κ1) is 18.7. The van der Waals surface area contributed by atoms with Gasteiger partial charge in [0.05, 0.1) is 17.8 Å². The Labute approximate surface area is 156 Å². The molecule has 0 amide bonds. The van der Waals surface area contributed by atoms with Crippen molar-refractivity contribution in [3.05, 3.63) is 35.5 Å². The summed E-state index contributed by atoms with van der Waals surface area (Å²) in [5, 5.41) is 1.39. The van der Waals surface area contributed by atoms with E-state index in [1.807, 2.05) is 17.8 Å². The van der Waals surface area contributed by atoms with Crippen molar-refractivity contribution in [3.63, 3.8) is 0 Å². The van der Waals surface area contributed by atoms with Crippen molar-refractivity contribution in [2.45, 2.75) is 56.8 Å². The first-order valence-electron chi connectivity index (χ1n) is 9.04. The van der Waals surface area contributed by atoms with Crippen LogP contribution in [0.3, 0.4) is 0 Å². The van der Waals surface area contributed by atoms with Crippen molar-refractivity contribution >= 4 is 31.0 Å². The van der Waals surface area contributed by atoms with E-state index < -0.39 is 8.32 Å². The van der Waals surface area contributed by atoms with Crippen LogP contribution in [0.4, 0.5) is 0 Å². The van der Waals surface area contributed by atoms with Crippen LogP contribution in [-0.2, 0) is 15.9 Å². The van der Waals surface area contributed by atoms with E-state index >= 15 is 0 Å². The zero-order chi connectivity index (χ0) is 18.1. The highest BCUT2D eigenvalue weighted by Gasteiger charge is 2.36. The highest BCUT2D eigenvalue weighted by molar-refractivity contribution is 7.98. The fourth-order valence-electron chi connectivity index (χ4n) is 2.73. The van der Waals surface area contributed by atoms with E-state index in [9.17, 15) is 0 Å². The zero-order valence-electron chi connectivity index (χ0n) is 16.0. The molecule has 136 valence electrons. The molecule has 2 heterocycles. The summed E-state index contributed by atoms with van der Waals surface area (Å²) in [6, 6.07) is 8.30. The molecule has 0 fully saturated rings. The van der Waals surface area contributed by atoms with E-state index in [2.05, 4.69) is 52.1 Å². The molecule has 5 heteroatoms. The third kappa shape index (κ3) is 4.04. The van der Waals surface area contributed by atoms with E-state index in [-0.39, 0.29) is 5.04 Å². The van der Waals surface area contributed by atoms with Crippen molar-refractivity contribution in [1.29, 1.82) is 0 Å². The molecule has 0 bridgehead atoms. The summed E-state index contributed by atoms with van der Waals surface area (Å²) in [7, 11) is -1.66. The summed E-state index contributed by atoms with van der Waals surface area (Å²) in [5.74, 6) is 3.03. The molecule has 0 unspecified atom stereocenters. The number of hydrogen-bond acceptors (Lipinski definition) is 4. The van der Waals surface area contributed by atoms with Crippen LogP contribution in [0.25, 0.3) is 10.9 Å². The standard InChI is InChI=1S/C20H29NO2SSi/c1-20(2,3)25(4,5)23-12-8-11-22-19-15-9-6-7-10-17(15)21-18-14-24-13-16(18)19/h6-7,9-10H,8,11-14H2,1-5H3. The number of para-hydroxylation sites is 1. The lowest BCUT2D eigenvalue weighted by atomic mass is 10.1. The molecule has 1 aliphatic rings. The van der Waals surface area contributed by atoms with Crippen molar-refractivity contribution in [3.8, 4) is 5.75 Å². The SMILES string of the molecule is CC(C)(C)[Si](C)(C)OCCCOc1c2c(nc3ccccc13)CSC2. The van der Waals surface area contributed by atoms with Gasteiger partial charge in [0.25, 0.3) is 0 Å². The second-order valence-corrected chi connectivity index (χ2v) is 14.0. The monoisotopic (exact) mass is 375 g/mol. The zero-order valence-corrected chi connectivity index (χ0v) is 17.8. The van der Waals surface area contributed by atoms with Crippen molar-refractivity contribution < 1.29 is 9.16 Å². The molecule has 0 saturated heterocycles. The molecule has 3 rings (SSSR count). The number of benzene rings is 1. The molecule has 2 aromatic rings. The molecular formula is C20H29NO2SSi. The van der Waals surface area contributed by atoms with Gasteiger partial charge in [-0.2, -0.15) is 11.8 Å².